The Kier molecular flexibility index (Phi) is 2.77. The highest BCUT2D eigenvalue weighted by Crippen LogP contribution is 2.30. The monoisotopic (exact) mass is 284 g/mol. The van der Waals surface area contributed by atoms with E-state index in [0.717, 1.165) is 17.0 Å². The number of hydrogen-bond acceptors (Lipinski definition) is 6. The second-order valence-electron chi connectivity index (χ2n) is 3.83. The lowest BCUT2D eigenvalue weighted by Gasteiger charge is -2.03. The van der Waals surface area contributed by atoms with Gasteiger partial charge in [-0.25, -0.2) is 9.50 Å². The summed E-state index contributed by atoms with van der Waals surface area (Å²) in [6, 6.07) is 0.922. The third-order valence-electron chi connectivity index (χ3n) is 2.50. The van der Waals surface area contributed by atoms with Crippen LogP contribution in [0.15, 0.2) is 29.4 Å². The highest BCUT2D eigenvalue weighted by Gasteiger charge is 2.34. The molecular formula is C10H7F3N6O. The molecule has 0 saturated heterocycles. The molecular weight excluding hydrogens is 277 g/mol. The van der Waals surface area contributed by atoms with Crippen LogP contribution in [0, 0.1) is 0 Å². The van der Waals surface area contributed by atoms with E-state index >= 15 is 0 Å². The Balaban J connectivity index is 1.92. The number of aromatic nitrogens is 5. The van der Waals surface area contributed by atoms with Crippen molar-refractivity contribution >= 4 is 11.3 Å². The second-order valence-corrected chi connectivity index (χ2v) is 3.83. The zero-order valence-corrected chi connectivity index (χ0v) is 9.79. The molecule has 0 saturated carbocycles. The minimum atomic E-state index is -4.50. The van der Waals surface area contributed by atoms with E-state index in [9.17, 15) is 13.2 Å². The van der Waals surface area contributed by atoms with E-state index in [-0.39, 0.29) is 17.9 Å². The average Bonchev–Trinajstić information content (AvgIpc) is 3.04. The van der Waals surface area contributed by atoms with Crippen LogP contribution < -0.4 is 5.32 Å². The third kappa shape index (κ3) is 2.27. The lowest BCUT2D eigenvalue weighted by molar-refractivity contribution is -0.141. The van der Waals surface area contributed by atoms with Gasteiger partial charge >= 0.3 is 6.18 Å². The van der Waals surface area contributed by atoms with Crippen LogP contribution in [-0.2, 0) is 12.7 Å². The maximum absolute atomic E-state index is 12.6. The predicted molar refractivity (Wildman–Crippen MR) is 59.6 cm³/mol. The minimum Gasteiger partial charge on any atom is -0.361 e. The lowest BCUT2D eigenvalue weighted by Crippen LogP contribution is -2.05. The van der Waals surface area contributed by atoms with Crippen LogP contribution in [0.5, 0.6) is 0 Å². The van der Waals surface area contributed by atoms with Gasteiger partial charge in [0.2, 0.25) is 6.39 Å². The zero-order chi connectivity index (χ0) is 14.2. The Morgan fingerprint density at radius 3 is 2.85 bits per heavy atom. The first kappa shape index (κ1) is 12.4. The van der Waals surface area contributed by atoms with Gasteiger partial charge in [0, 0.05) is 18.5 Å². The van der Waals surface area contributed by atoms with E-state index in [4.69, 9.17) is 0 Å². The molecule has 0 amide bonds. The SMILES string of the molecule is FC(F)(F)c1cc2c(NCc3ncon3)nccn2n1. The molecule has 0 aliphatic carbocycles. The number of nitrogens with zero attached hydrogens (tertiary/aromatic N) is 5. The first-order valence-corrected chi connectivity index (χ1v) is 5.45. The van der Waals surface area contributed by atoms with Crippen LogP contribution in [0.2, 0.25) is 0 Å². The molecule has 20 heavy (non-hydrogen) atoms. The summed E-state index contributed by atoms with van der Waals surface area (Å²) in [7, 11) is 0. The summed E-state index contributed by atoms with van der Waals surface area (Å²) in [4.78, 5) is 7.76. The largest absolute Gasteiger partial charge is 0.435 e. The van der Waals surface area contributed by atoms with E-state index < -0.39 is 11.9 Å². The minimum absolute atomic E-state index is 0.176. The Bertz CT molecular complexity index is 720. The van der Waals surface area contributed by atoms with Crippen molar-refractivity contribution in [3.8, 4) is 0 Å². The van der Waals surface area contributed by atoms with Gasteiger partial charge in [0.25, 0.3) is 0 Å². The van der Waals surface area contributed by atoms with E-state index in [1.165, 1.54) is 12.4 Å². The molecule has 10 heteroatoms. The van der Waals surface area contributed by atoms with Crippen molar-refractivity contribution in [3.05, 3.63) is 36.4 Å². The molecule has 0 spiro atoms. The van der Waals surface area contributed by atoms with Crippen molar-refractivity contribution in [1.82, 2.24) is 24.7 Å². The van der Waals surface area contributed by atoms with Gasteiger partial charge in [-0.2, -0.15) is 23.3 Å². The molecule has 0 aliphatic heterocycles. The zero-order valence-electron chi connectivity index (χ0n) is 9.79. The first-order valence-electron chi connectivity index (χ1n) is 5.45. The fourth-order valence-electron chi connectivity index (χ4n) is 1.63. The fraction of sp³-hybridized carbons (Fsp3) is 0.200. The molecule has 3 aromatic heterocycles. The van der Waals surface area contributed by atoms with Gasteiger partial charge in [-0.15, -0.1) is 0 Å². The molecule has 0 aliphatic rings. The van der Waals surface area contributed by atoms with Crippen LogP contribution in [0.3, 0.4) is 0 Å². The van der Waals surface area contributed by atoms with Crippen molar-refractivity contribution < 1.29 is 17.7 Å². The molecule has 0 radical (unpaired) electrons. The van der Waals surface area contributed by atoms with E-state index in [1.54, 1.807) is 0 Å². The summed E-state index contributed by atoms with van der Waals surface area (Å²) in [6.07, 6.45) is -0.661. The smallest absolute Gasteiger partial charge is 0.361 e. The van der Waals surface area contributed by atoms with E-state index in [2.05, 4.69) is 30.1 Å². The number of halogens is 3. The molecule has 3 heterocycles. The van der Waals surface area contributed by atoms with Gasteiger partial charge in [0.15, 0.2) is 17.3 Å². The molecule has 0 unspecified atom stereocenters. The molecule has 104 valence electrons. The van der Waals surface area contributed by atoms with Crippen molar-refractivity contribution in [2.45, 2.75) is 12.7 Å². The molecule has 7 nitrogen and oxygen atoms in total. The Morgan fingerprint density at radius 2 is 2.15 bits per heavy atom. The second kappa shape index (κ2) is 4.47. The molecule has 0 fully saturated rings. The summed E-state index contributed by atoms with van der Waals surface area (Å²) in [6.45, 7) is 0.176. The molecule has 1 N–H and O–H groups in total. The average molecular weight is 284 g/mol. The topological polar surface area (TPSA) is 81.1 Å². The fourth-order valence-corrected chi connectivity index (χ4v) is 1.63. The highest BCUT2D eigenvalue weighted by molar-refractivity contribution is 5.67. The lowest BCUT2D eigenvalue weighted by atomic mass is 10.3. The van der Waals surface area contributed by atoms with Crippen LogP contribution in [0.1, 0.15) is 11.5 Å². The Morgan fingerprint density at radius 1 is 1.30 bits per heavy atom. The maximum Gasteiger partial charge on any atom is 0.435 e. The number of alkyl halides is 3. The van der Waals surface area contributed by atoms with Crippen LogP contribution in [-0.4, -0.2) is 24.7 Å². The standard InChI is InChI=1S/C10H7F3N6O/c11-10(12,13)7-3-6-9(14-1-2-19(6)17-7)15-4-8-16-5-20-18-8/h1-3,5H,4H2,(H,14,15). The van der Waals surface area contributed by atoms with E-state index in [0.29, 0.717) is 5.82 Å². The number of anilines is 1. The molecule has 3 rings (SSSR count). The van der Waals surface area contributed by atoms with Gasteiger partial charge in [-0.1, -0.05) is 5.16 Å². The van der Waals surface area contributed by atoms with Crippen LogP contribution in [0.25, 0.3) is 5.52 Å². The van der Waals surface area contributed by atoms with Crippen molar-refractivity contribution in [2.75, 3.05) is 5.32 Å². The quantitative estimate of drug-likeness (QED) is 0.789. The van der Waals surface area contributed by atoms with Crippen LogP contribution >= 0.6 is 0 Å². The molecule has 0 aromatic carbocycles. The predicted octanol–water partition coefficient (Wildman–Crippen LogP) is 1.74. The van der Waals surface area contributed by atoms with E-state index in [1.807, 2.05) is 0 Å². The number of fused-ring (bicyclic) bond motifs is 1. The van der Waals surface area contributed by atoms with Crippen molar-refractivity contribution in [3.63, 3.8) is 0 Å². The van der Waals surface area contributed by atoms with Gasteiger partial charge in [0.1, 0.15) is 5.52 Å². The highest BCUT2D eigenvalue weighted by atomic mass is 19.4. The van der Waals surface area contributed by atoms with Gasteiger partial charge in [-0.3, -0.25) is 0 Å². The van der Waals surface area contributed by atoms with Gasteiger partial charge < -0.3 is 9.84 Å². The molecule has 3 aromatic rings. The summed E-state index contributed by atoms with van der Waals surface area (Å²) in [5.41, 5.74) is -0.767. The number of nitrogens with one attached hydrogen (secondary N) is 1. The normalized spacial score (nSPS) is 11.9. The Labute approximate surface area is 109 Å². The third-order valence-corrected chi connectivity index (χ3v) is 2.50. The number of hydrogen-bond donors (Lipinski definition) is 1. The summed E-state index contributed by atoms with van der Waals surface area (Å²) in [5, 5.41) is 9.86. The summed E-state index contributed by atoms with van der Waals surface area (Å²) in [5.74, 6) is 0.615. The van der Waals surface area contributed by atoms with Crippen LogP contribution in [0.4, 0.5) is 19.0 Å². The van der Waals surface area contributed by atoms with Gasteiger partial charge in [-0.05, 0) is 0 Å². The van der Waals surface area contributed by atoms with Crippen molar-refractivity contribution in [2.24, 2.45) is 0 Å². The van der Waals surface area contributed by atoms with Gasteiger partial charge in [0.05, 0.1) is 6.54 Å². The first-order chi connectivity index (χ1) is 9.54. The van der Waals surface area contributed by atoms with Crippen molar-refractivity contribution in [1.29, 1.82) is 0 Å². The maximum atomic E-state index is 12.6. The summed E-state index contributed by atoms with van der Waals surface area (Å²) < 4.78 is 43.5. The Hall–Kier alpha value is -2.65. The number of rotatable bonds is 3. The molecule has 0 bridgehead atoms. The summed E-state index contributed by atoms with van der Waals surface area (Å²) >= 11 is 0. The molecule has 0 atom stereocenters.